The van der Waals surface area contributed by atoms with E-state index in [0.29, 0.717) is 21.8 Å². The molecule has 2 aromatic heterocycles. The van der Waals surface area contributed by atoms with Gasteiger partial charge in [-0.15, -0.1) is 11.3 Å². The molecule has 0 bridgehead atoms. The predicted octanol–water partition coefficient (Wildman–Crippen LogP) is 4.18. The number of methoxy groups -OCH3 is 1. The summed E-state index contributed by atoms with van der Waals surface area (Å²) in [5.41, 5.74) is 1.70. The van der Waals surface area contributed by atoms with Gasteiger partial charge in [0.1, 0.15) is 11.3 Å². The summed E-state index contributed by atoms with van der Waals surface area (Å²) in [6.07, 6.45) is 0. The van der Waals surface area contributed by atoms with Crippen molar-refractivity contribution in [3.8, 4) is 17.0 Å². The highest BCUT2D eigenvalue weighted by atomic mass is 32.1. The molecule has 0 atom stereocenters. The number of hydrogen-bond acceptors (Lipinski definition) is 6. The van der Waals surface area contributed by atoms with Crippen molar-refractivity contribution in [3.05, 3.63) is 76.0 Å². The first kappa shape index (κ1) is 17.0. The average molecular weight is 378 g/mol. The third-order valence-electron chi connectivity index (χ3n) is 3.95. The monoisotopic (exact) mass is 378 g/mol. The molecule has 1 N–H and O–H groups in total. The highest BCUT2D eigenvalue weighted by molar-refractivity contribution is 7.14. The SMILES string of the molecule is COc1cccc(-c2csc(NC(=O)c3cc(=O)c4ccccc4o3)n2)c1. The van der Waals surface area contributed by atoms with Crippen LogP contribution in [0.4, 0.5) is 5.13 Å². The number of carbonyl (C=O) groups is 1. The zero-order chi connectivity index (χ0) is 18.8. The standard InChI is InChI=1S/C20H14N2O4S/c1-25-13-6-4-5-12(9-13)15-11-27-20(21-15)22-19(24)18-10-16(23)14-7-2-3-8-17(14)26-18/h2-11H,1H3,(H,21,22,24). The molecule has 0 saturated heterocycles. The van der Waals surface area contributed by atoms with Crippen LogP contribution in [0.5, 0.6) is 5.75 Å². The van der Waals surface area contributed by atoms with Crippen LogP contribution in [0.25, 0.3) is 22.2 Å². The molecule has 7 heteroatoms. The summed E-state index contributed by atoms with van der Waals surface area (Å²) in [4.78, 5) is 29.0. The predicted molar refractivity (Wildman–Crippen MR) is 105 cm³/mol. The molecule has 0 aliphatic heterocycles. The molecule has 0 aliphatic carbocycles. The van der Waals surface area contributed by atoms with Crippen molar-refractivity contribution in [1.29, 1.82) is 0 Å². The number of carbonyl (C=O) groups excluding carboxylic acids is 1. The maximum Gasteiger partial charge on any atom is 0.293 e. The van der Waals surface area contributed by atoms with Gasteiger partial charge in [0.2, 0.25) is 0 Å². The summed E-state index contributed by atoms with van der Waals surface area (Å²) < 4.78 is 10.8. The maximum atomic E-state index is 12.5. The van der Waals surface area contributed by atoms with Gasteiger partial charge >= 0.3 is 0 Å². The molecular formula is C20H14N2O4S. The average Bonchev–Trinajstić information content (AvgIpc) is 3.16. The fourth-order valence-corrected chi connectivity index (χ4v) is 3.34. The number of benzene rings is 2. The number of nitrogens with zero attached hydrogens (tertiary/aromatic N) is 1. The number of para-hydroxylation sites is 1. The second-order valence-corrected chi connectivity index (χ2v) is 6.55. The van der Waals surface area contributed by atoms with E-state index in [1.54, 1.807) is 31.4 Å². The number of amides is 1. The smallest absolute Gasteiger partial charge is 0.293 e. The normalized spacial score (nSPS) is 10.7. The molecule has 2 heterocycles. The molecule has 0 saturated carbocycles. The van der Waals surface area contributed by atoms with Crippen molar-refractivity contribution in [3.63, 3.8) is 0 Å². The Morgan fingerprint density at radius 2 is 2.00 bits per heavy atom. The minimum absolute atomic E-state index is 0.0585. The Labute approximate surface area is 158 Å². The topological polar surface area (TPSA) is 81.4 Å². The number of rotatable bonds is 4. The molecule has 0 spiro atoms. The second-order valence-electron chi connectivity index (χ2n) is 5.70. The number of thiazole rings is 1. The van der Waals surface area contributed by atoms with Crippen LogP contribution in [-0.2, 0) is 0 Å². The molecule has 1 amide bonds. The Hall–Kier alpha value is -3.45. The summed E-state index contributed by atoms with van der Waals surface area (Å²) in [5, 5.41) is 5.35. The Balaban J connectivity index is 1.59. The second kappa shape index (κ2) is 7.05. The number of anilines is 1. The van der Waals surface area contributed by atoms with Gasteiger partial charge in [-0.05, 0) is 24.3 Å². The lowest BCUT2D eigenvalue weighted by atomic mass is 10.2. The van der Waals surface area contributed by atoms with E-state index < -0.39 is 5.91 Å². The van der Waals surface area contributed by atoms with Crippen molar-refractivity contribution in [1.82, 2.24) is 4.98 Å². The minimum Gasteiger partial charge on any atom is -0.497 e. The Bertz CT molecular complexity index is 1200. The van der Waals surface area contributed by atoms with Gasteiger partial charge in [-0.25, -0.2) is 4.98 Å². The summed E-state index contributed by atoms with van der Waals surface area (Å²) in [6, 6.07) is 15.5. The van der Waals surface area contributed by atoms with Crippen LogP contribution in [0.2, 0.25) is 0 Å². The van der Waals surface area contributed by atoms with E-state index in [-0.39, 0.29) is 11.2 Å². The molecule has 0 fully saturated rings. The molecule has 2 aromatic carbocycles. The third-order valence-corrected chi connectivity index (χ3v) is 4.71. The largest absolute Gasteiger partial charge is 0.497 e. The zero-order valence-electron chi connectivity index (χ0n) is 14.3. The maximum absolute atomic E-state index is 12.5. The van der Waals surface area contributed by atoms with Crippen LogP contribution in [-0.4, -0.2) is 18.0 Å². The first-order chi connectivity index (χ1) is 13.1. The van der Waals surface area contributed by atoms with Crippen LogP contribution >= 0.6 is 11.3 Å². The Morgan fingerprint density at radius 3 is 2.85 bits per heavy atom. The lowest BCUT2D eigenvalue weighted by Gasteiger charge is -2.03. The van der Waals surface area contributed by atoms with Crippen LogP contribution in [0.1, 0.15) is 10.6 Å². The van der Waals surface area contributed by atoms with Gasteiger partial charge in [-0.2, -0.15) is 0 Å². The van der Waals surface area contributed by atoms with Crippen molar-refractivity contribution >= 4 is 33.3 Å². The van der Waals surface area contributed by atoms with E-state index in [0.717, 1.165) is 11.3 Å². The molecule has 0 aliphatic rings. The molecular weight excluding hydrogens is 364 g/mol. The van der Waals surface area contributed by atoms with E-state index in [1.165, 1.54) is 17.4 Å². The van der Waals surface area contributed by atoms with E-state index in [2.05, 4.69) is 10.3 Å². The first-order valence-corrected chi connectivity index (χ1v) is 8.96. The number of fused-ring (bicyclic) bond motifs is 1. The van der Waals surface area contributed by atoms with Gasteiger partial charge in [-0.1, -0.05) is 24.3 Å². The molecule has 0 radical (unpaired) electrons. The number of hydrogen-bond donors (Lipinski definition) is 1. The molecule has 0 unspecified atom stereocenters. The van der Waals surface area contributed by atoms with Crippen molar-refractivity contribution < 1.29 is 13.9 Å². The lowest BCUT2D eigenvalue weighted by molar-refractivity contribution is 0.0997. The van der Waals surface area contributed by atoms with Gasteiger partial charge in [0.05, 0.1) is 18.2 Å². The fraction of sp³-hybridized carbons (Fsp3) is 0.0500. The van der Waals surface area contributed by atoms with Crippen LogP contribution in [0.3, 0.4) is 0 Å². The summed E-state index contributed by atoms with van der Waals surface area (Å²) in [6.45, 7) is 0. The highest BCUT2D eigenvalue weighted by Gasteiger charge is 2.14. The van der Waals surface area contributed by atoms with Crippen LogP contribution < -0.4 is 15.5 Å². The quantitative estimate of drug-likeness (QED) is 0.576. The van der Waals surface area contributed by atoms with Gasteiger partial charge in [-0.3, -0.25) is 14.9 Å². The van der Waals surface area contributed by atoms with Crippen LogP contribution in [0, 0.1) is 0 Å². The Kier molecular flexibility index (Phi) is 4.43. The van der Waals surface area contributed by atoms with Crippen molar-refractivity contribution in [2.45, 2.75) is 0 Å². The van der Waals surface area contributed by atoms with E-state index in [4.69, 9.17) is 9.15 Å². The van der Waals surface area contributed by atoms with Gasteiger partial charge in [0.25, 0.3) is 5.91 Å². The molecule has 134 valence electrons. The minimum atomic E-state index is -0.524. The number of nitrogens with one attached hydrogen (secondary N) is 1. The van der Waals surface area contributed by atoms with E-state index in [1.807, 2.05) is 29.6 Å². The van der Waals surface area contributed by atoms with Gasteiger partial charge in [0.15, 0.2) is 16.3 Å². The molecule has 4 aromatic rings. The zero-order valence-corrected chi connectivity index (χ0v) is 15.1. The molecule has 27 heavy (non-hydrogen) atoms. The molecule has 6 nitrogen and oxygen atoms in total. The van der Waals surface area contributed by atoms with E-state index >= 15 is 0 Å². The van der Waals surface area contributed by atoms with Gasteiger partial charge in [0, 0.05) is 17.0 Å². The van der Waals surface area contributed by atoms with Crippen LogP contribution in [0.15, 0.2) is 69.2 Å². The van der Waals surface area contributed by atoms with Crippen molar-refractivity contribution in [2.24, 2.45) is 0 Å². The summed E-state index contributed by atoms with van der Waals surface area (Å²) in [5.74, 6) is 0.144. The Morgan fingerprint density at radius 1 is 1.15 bits per heavy atom. The third kappa shape index (κ3) is 3.45. The van der Waals surface area contributed by atoms with Crippen molar-refractivity contribution in [2.75, 3.05) is 12.4 Å². The van der Waals surface area contributed by atoms with E-state index in [9.17, 15) is 9.59 Å². The highest BCUT2D eigenvalue weighted by Crippen LogP contribution is 2.27. The summed E-state index contributed by atoms with van der Waals surface area (Å²) in [7, 11) is 1.60. The number of ether oxygens (including phenoxy) is 1. The summed E-state index contributed by atoms with van der Waals surface area (Å²) >= 11 is 1.28. The van der Waals surface area contributed by atoms with Gasteiger partial charge < -0.3 is 9.15 Å². The lowest BCUT2D eigenvalue weighted by Crippen LogP contribution is -2.14. The number of aromatic nitrogens is 1. The fourth-order valence-electron chi connectivity index (χ4n) is 2.62. The first-order valence-electron chi connectivity index (χ1n) is 8.08. The molecule has 4 rings (SSSR count).